The number of nitrogens with one attached hydrogen (secondary N) is 2. The summed E-state index contributed by atoms with van der Waals surface area (Å²) in [6.45, 7) is 4.00. The van der Waals surface area contributed by atoms with Gasteiger partial charge in [-0.2, -0.15) is 5.10 Å². The zero-order valence-corrected chi connectivity index (χ0v) is 10.9. The lowest BCUT2D eigenvalue weighted by Gasteiger charge is -2.00. The molecule has 5 N–H and O–H groups in total. The summed E-state index contributed by atoms with van der Waals surface area (Å²) in [7, 11) is 1.76. The third-order valence-corrected chi connectivity index (χ3v) is 1.95. The van der Waals surface area contributed by atoms with E-state index in [9.17, 15) is 4.79 Å². The summed E-state index contributed by atoms with van der Waals surface area (Å²) in [4.78, 5) is 10.4. The van der Waals surface area contributed by atoms with Gasteiger partial charge in [-0.3, -0.25) is 9.89 Å². The zero-order valence-electron chi connectivity index (χ0n) is 10.9. The molecule has 0 aliphatic carbocycles. The van der Waals surface area contributed by atoms with E-state index >= 15 is 0 Å². The van der Waals surface area contributed by atoms with Gasteiger partial charge in [0.2, 0.25) is 0 Å². The molecule has 0 aliphatic rings. The van der Waals surface area contributed by atoms with E-state index in [0.29, 0.717) is 24.4 Å². The maximum absolute atomic E-state index is 10.4. The molecule has 1 atom stereocenters. The molecule has 0 bridgehead atoms. The van der Waals surface area contributed by atoms with E-state index in [1.165, 1.54) is 0 Å². The Morgan fingerprint density at radius 1 is 1.67 bits per heavy atom. The third kappa shape index (κ3) is 5.92. The van der Waals surface area contributed by atoms with Crippen molar-refractivity contribution >= 4 is 11.8 Å². The van der Waals surface area contributed by atoms with Gasteiger partial charge in [0.15, 0.2) is 0 Å². The first kappa shape index (κ1) is 16.0. The van der Waals surface area contributed by atoms with Crippen LogP contribution in [-0.2, 0) is 4.79 Å². The Hall–Kier alpha value is -2.00. The topological polar surface area (TPSA) is 104 Å². The van der Waals surface area contributed by atoms with Crippen molar-refractivity contribution in [3.05, 3.63) is 11.8 Å². The van der Waals surface area contributed by atoms with Gasteiger partial charge in [-0.15, -0.1) is 0 Å². The van der Waals surface area contributed by atoms with E-state index in [-0.39, 0.29) is 0 Å². The van der Waals surface area contributed by atoms with E-state index in [1.807, 2.05) is 13.8 Å². The maximum atomic E-state index is 10.4. The van der Waals surface area contributed by atoms with Crippen LogP contribution in [0.15, 0.2) is 6.07 Å². The number of aromatic amines is 1. The molecule has 1 aromatic rings. The van der Waals surface area contributed by atoms with Crippen molar-refractivity contribution < 1.29 is 9.90 Å². The van der Waals surface area contributed by atoms with Gasteiger partial charge >= 0.3 is 5.97 Å². The number of nitrogens with two attached hydrogens (primary N) is 1. The van der Waals surface area contributed by atoms with E-state index < -0.39 is 12.0 Å². The Labute approximate surface area is 107 Å². The standard InChI is InChI=1S/C10H14N4O2.C2H6/c1-12-9-6-7(13-14-9)4-2-3-5-8(11)10(15)16;1-2/h6,8H,3,5,11H2,1H3,(H,15,16)(H2,12,13,14);1-2H3. The molecular formula is C12H20N4O2. The second kappa shape index (κ2) is 9.07. The van der Waals surface area contributed by atoms with Crippen LogP contribution in [0.5, 0.6) is 0 Å². The zero-order chi connectivity index (χ0) is 14.0. The Morgan fingerprint density at radius 3 is 2.83 bits per heavy atom. The highest BCUT2D eigenvalue weighted by Gasteiger charge is 2.08. The van der Waals surface area contributed by atoms with E-state index in [0.717, 1.165) is 0 Å². The van der Waals surface area contributed by atoms with E-state index in [1.54, 1.807) is 13.1 Å². The Kier molecular flexibility index (Phi) is 8.07. The normalized spacial score (nSPS) is 10.4. The van der Waals surface area contributed by atoms with Gasteiger partial charge in [0, 0.05) is 19.5 Å². The number of carboxylic acids is 1. The summed E-state index contributed by atoms with van der Waals surface area (Å²) >= 11 is 0. The number of carboxylic acid groups (broad SMARTS) is 1. The quantitative estimate of drug-likeness (QED) is 0.599. The SMILES string of the molecule is CC.CNc1cc(C#CCCC(N)C(=O)O)[nH]n1. The van der Waals surface area contributed by atoms with Gasteiger partial charge in [0.25, 0.3) is 0 Å². The lowest BCUT2D eigenvalue weighted by molar-refractivity contribution is -0.138. The molecule has 1 unspecified atom stereocenters. The summed E-state index contributed by atoms with van der Waals surface area (Å²) in [5, 5.41) is 18.1. The van der Waals surface area contributed by atoms with Crippen LogP contribution in [0, 0.1) is 11.8 Å². The molecule has 18 heavy (non-hydrogen) atoms. The van der Waals surface area contributed by atoms with Gasteiger partial charge < -0.3 is 16.2 Å². The summed E-state index contributed by atoms with van der Waals surface area (Å²) < 4.78 is 0. The average molecular weight is 252 g/mol. The first-order valence-electron chi connectivity index (χ1n) is 5.84. The van der Waals surface area contributed by atoms with Crippen LogP contribution < -0.4 is 11.1 Å². The molecule has 0 spiro atoms. The number of nitrogens with zero attached hydrogens (tertiary/aromatic N) is 1. The number of carbonyl (C=O) groups is 1. The van der Waals surface area contributed by atoms with Crippen molar-refractivity contribution in [2.24, 2.45) is 5.73 Å². The van der Waals surface area contributed by atoms with Crippen LogP contribution in [0.1, 0.15) is 32.4 Å². The van der Waals surface area contributed by atoms with Gasteiger partial charge in [0.1, 0.15) is 17.6 Å². The number of aliphatic carboxylic acids is 1. The largest absolute Gasteiger partial charge is 0.480 e. The molecule has 1 rings (SSSR count). The van der Waals surface area contributed by atoms with Crippen LogP contribution >= 0.6 is 0 Å². The fraction of sp³-hybridized carbons (Fsp3) is 0.500. The van der Waals surface area contributed by atoms with Crippen molar-refractivity contribution in [2.75, 3.05) is 12.4 Å². The fourth-order valence-corrected chi connectivity index (χ4v) is 1.02. The smallest absolute Gasteiger partial charge is 0.320 e. The predicted molar refractivity (Wildman–Crippen MR) is 71.2 cm³/mol. The molecule has 0 radical (unpaired) electrons. The van der Waals surface area contributed by atoms with Crippen LogP contribution in [0.3, 0.4) is 0 Å². The van der Waals surface area contributed by atoms with Gasteiger partial charge in [-0.25, -0.2) is 0 Å². The second-order valence-electron chi connectivity index (χ2n) is 3.20. The van der Waals surface area contributed by atoms with Crippen molar-refractivity contribution in [1.82, 2.24) is 10.2 Å². The molecule has 0 saturated carbocycles. The number of hydrogen-bond acceptors (Lipinski definition) is 4. The van der Waals surface area contributed by atoms with Crippen LogP contribution in [0.4, 0.5) is 5.82 Å². The van der Waals surface area contributed by atoms with Crippen molar-refractivity contribution in [3.8, 4) is 11.8 Å². The van der Waals surface area contributed by atoms with Crippen LogP contribution in [-0.4, -0.2) is 34.4 Å². The molecule has 0 aromatic carbocycles. The number of H-pyrrole nitrogens is 1. The van der Waals surface area contributed by atoms with Gasteiger partial charge in [0.05, 0.1) is 0 Å². The molecule has 0 amide bonds. The first-order valence-corrected chi connectivity index (χ1v) is 5.84. The van der Waals surface area contributed by atoms with Crippen LogP contribution in [0.25, 0.3) is 0 Å². The monoisotopic (exact) mass is 252 g/mol. The molecule has 6 heteroatoms. The molecule has 0 fully saturated rings. The van der Waals surface area contributed by atoms with E-state index in [4.69, 9.17) is 10.8 Å². The van der Waals surface area contributed by atoms with Gasteiger partial charge in [-0.05, 0) is 12.3 Å². The molecule has 100 valence electrons. The first-order chi connectivity index (χ1) is 8.63. The highest BCUT2D eigenvalue weighted by atomic mass is 16.4. The summed E-state index contributed by atoms with van der Waals surface area (Å²) in [5.41, 5.74) is 6.01. The number of anilines is 1. The molecule has 0 aliphatic heterocycles. The Balaban J connectivity index is 0.00000137. The third-order valence-electron chi connectivity index (χ3n) is 1.95. The van der Waals surface area contributed by atoms with Crippen molar-refractivity contribution in [2.45, 2.75) is 32.7 Å². The summed E-state index contributed by atoms with van der Waals surface area (Å²) in [6, 6.07) is 0.924. The second-order valence-corrected chi connectivity index (χ2v) is 3.20. The van der Waals surface area contributed by atoms with Gasteiger partial charge in [-0.1, -0.05) is 19.8 Å². The molecular weight excluding hydrogens is 232 g/mol. The van der Waals surface area contributed by atoms with E-state index in [2.05, 4.69) is 27.4 Å². The Morgan fingerprint density at radius 2 is 2.33 bits per heavy atom. The lowest BCUT2D eigenvalue weighted by atomic mass is 10.2. The number of aromatic nitrogens is 2. The molecule has 6 nitrogen and oxygen atoms in total. The highest BCUT2D eigenvalue weighted by molar-refractivity contribution is 5.73. The minimum atomic E-state index is -0.999. The molecule has 1 aromatic heterocycles. The maximum Gasteiger partial charge on any atom is 0.320 e. The van der Waals surface area contributed by atoms with Crippen molar-refractivity contribution in [1.29, 1.82) is 0 Å². The van der Waals surface area contributed by atoms with Crippen molar-refractivity contribution in [3.63, 3.8) is 0 Å². The van der Waals surface area contributed by atoms with Crippen LogP contribution in [0.2, 0.25) is 0 Å². The Bertz CT molecular complexity index is 417. The highest BCUT2D eigenvalue weighted by Crippen LogP contribution is 2.02. The summed E-state index contributed by atoms with van der Waals surface area (Å²) in [6.07, 6.45) is 0.788. The number of rotatable bonds is 4. The predicted octanol–water partition coefficient (Wildman–Crippen LogP) is 1.02. The average Bonchev–Trinajstić information content (AvgIpc) is 2.84. The molecule has 0 saturated heterocycles. The lowest BCUT2D eigenvalue weighted by Crippen LogP contribution is -2.29. The number of hydrogen-bond donors (Lipinski definition) is 4. The molecule has 1 heterocycles. The fourth-order valence-electron chi connectivity index (χ4n) is 1.02. The minimum Gasteiger partial charge on any atom is -0.480 e. The summed E-state index contributed by atoms with van der Waals surface area (Å²) in [5.74, 6) is 5.38. The minimum absolute atomic E-state index is 0.343.